The molecule has 3 nitrogen and oxygen atoms in total. The second-order valence-corrected chi connectivity index (χ2v) is 4.30. The molecule has 0 spiro atoms. The average Bonchev–Trinajstić information content (AvgIpc) is 2.39. The van der Waals surface area contributed by atoms with E-state index in [9.17, 15) is 0 Å². The number of methoxy groups -OCH3 is 1. The molecule has 0 saturated carbocycles. The molecule has 17 heavy (non-hydrogen) atoms. The van der Waals surface area contributed by atoms with Crippen LogP contribution in [0.1, 0.15) is 45.1 Å². The predicted octanol–water partition coefficient (Wildman–Crippen LogP) is 3.15. The highest BCUT2D eigenvalue weighted by Gasteiger charge is 2.07. The SMILES string of the molecule is CCCCC(CC)NCc1cccnc1OC. The lowest BCUT2D eigenvalue weighted by Crippen LogP contribution is -2.28. The maximum atomic E-state index is 5.24. The molecule has 0 aromatic carbocycles. The minimum Gasteiger partial charge on any atom is -0.481 e. The summed E-state index contributed by atoms with van der Waals surface area (Å²) in [6.45, 7) is 5.30. The fourth-order valence-electron chi connectivity index (χ4n) is 1.90. The molecule has 1 heterocycles. The quantitative estimate of drug-likeness (QED) is 0.753. The number of ether oxygens (including phenoxy) is 1. The topological polar surface area (TPSA) is 34.2 Å². The number of unbranched alkanes of at least 4 members (excludes halogenated alkanes) is 1. The normalized spacial score (nSPS) is 12.4. The zero-order chi connectivity index (χ0) is 12.5. The van der Waals surface area contributed by atoms with Gasteiger partial charge in [0, 0.05) is 24.3 Å². The molecular weight excluding hydrogens is 212 g/mol. The Hall–Kier alpha value is -1.09. The first kappa shape index (κ1) is 14.0. The van der Waals surface area contributed by atoms with Gasteiger partial charge in [-0.05, 0) is 18.9 Å². The number of hydrogen-bond acceptors (Lipinski definition) is 3. The number of rotatable bonds is 8. The van der Waals surface area contributed by atoms with Gasteiger partial charge in [-0.3, -0.25) is 0 Å². The first-order chi connectivity index (χ1) is 8.31. The highest BCUT2D eigenvalue weighted by Crippen LogP contribution is 2.14. The van der Waals surface area contributed by atoms with E-state index >= 15 is 0 Å². The fraction of sp³-hybridized carbons (Fsp3) is 0.643. The molecule has 0 bridgehead atoms. The molecule has 0 aliphatic rings. The van der Waals surface area contributed by atoms with Crippen molar-refractivity contribution in [3.05, 3.63) is 23.9 Å². The van der Waals surface area contributed by atoms with Crippen LogP contribution in [0.5, 0.6) is 5.88 Å². The number of pyridine rings is 1. The largest absolute Gasteiger partial charge is 0.481 e. The van der Waals surface area contributed by atoms with Crippen molar-refractivity contribution < 1.29 is 4.74 Å². The molecule has 0 aliphatic heterocycles. The van der Waals surface area contributed by atoms with E-state index in [0.717, 1.165) is 18.0 Å². The predicted molar refractivity (Wildman–Crippen MR) is 71.2 cm³/mol. The van der Waals surface area contributed by atoms with Gasteiger partial charge in [-0.15, -0.1) is 0 Å². The highest BCUT2D eigenvalue weighted by molar-refractivity contribution is 5.25. The van der Waals surface area contributed by atoms with Crippen LogP contribution in [0.4, 0.5) is 0 Å². The summed E-state index contributed by atoms with van der Waals surface area (Å²) in [6, 6.07) is 4.61. The second kappa shape index (κ2) is 8.07. The van der Waals surface area contributed by atoms with Gasteiger partial charge >= 0.3 is 0 Å². The number of nitrogens with one attached hydrogen (secondary N) is 1. The Kier molecular flexibility index (Phi) is 6.63. The lowest BCUT2D eigenvalue weighted by molar-refractivity contribution is 0.385. The van der Waals surface area contributed by atoms with E-state index in [0.29, 0.717) is 6.04 Å². The monoisotopic (exact) mass is 236 g/mol. The van der Waals surface area contributed by atoms with Crippen LogP contribution in [-0.2, 0) is 6.54 Å². The van der Waals surface area contributed by atoms with E-state index in [1.807, 2.05) is 6.07 Å². The van der Waals surface area contributed by atoms with E-state index in [1.165, 1.54) is 25.7 Å². The summed E-state index contributed by atoms with van der Waals surface area (Å²) in [5.74, 6) is 0.727. The van der Waals surface area contributed by atoms with Crippen LogP contribution in [-0.4, -0.2) is 18.1 Å². The Bertz CT molecular complexity index is 315. The average molecular weight is 236 g/mol. The van der Waals surface area contributed by atoms with Gasteiger partial charge in [0.2, 0.25) is 5.88 Å². The molecule has 1 rings (SSSR count). The van der Waals surface area contributed by atoms with Gasteiger partial charge in [0.25, 0.3) is 0 Å². The molecule has 3 heteroatoms. The van der Waals surface area contributed by atoms with Gasteiger partial charge in [0.05, 0.1) is 7.11 Å². The van der Waals surface area contributed by atoms with Crippen LogP contribution in [0.2, 0.25) is 0 Å². The molecule has 96 valence electrons. The molecule has 0 fully saturated rings. The van der Waals surface area contributed by atoms with E-state index in [2.05, 4.69) is 30.2 Å². The zero-order valence-electron chi connectivity index (χ0n) is 11.2. The van der Waals surface area contributed by atoms with Crippen molar-refractivity contribution in [3.63, 3.8) is 0 Å². The maximum Gasteiger partial charge on any atom is 0.217 e. The van der Waals surface area contributed by atoms with E-state index < -0.39 is 0 Å². The minimum atomic E-state index is 0.597. The van der Waals surface area contributed by atoms with Crippen molar-refractivity contribution in [2.75, 3.05) is 7.11 Å². The molecule has 1 unspecified atom stereocenters. The standard InChI is InChI=1S/C14H24N2O/c1-4-6-9-13(5-2)16-11-12-8-7-10-15-14(12)17-3/h7-8,10,13,16H,4-6,9,11H2,1-3H3. The Morgan fingerprint density at radius 2 is 2.24 bits per heavy atom. The van der Waals surface area contributed by atoms with Gasteiger partial charge < -0.3 is 10.1 Å². The third-order valence-corrected chi connectivity index (χ3v) is 3.02. The second-order valence-electron chi connectivity index (χ2n) is 4.30. The van der Waals surface area contributed by atoms with Crippen molar-refractivity contribution in [2.24, 2.45) is 0 Å². The van der Waals surface area contributed by atoms with Crippen molar-refractivity contribution in [3.8, 4) is 5.88 Å². The van der Waals surface area contributed by atoms with Gasteiger partial charge in [-0.25, -0.2) is 4.98 Å². The summed E-state index contributed by atoms with van der Waals surface area (Å²) >= 11 is 0. The first-order valence-corrected chi connectivity index (χ1v) is 6.53. The molecular formula is C14H24N2O. The summed E-state index contributed by atoms with van der Waals surface area (Å²) in [5.41, 5.74) is 1.13. The van der Waals surface area contributed by atoms with Crippen LogP contribution in [0.15, 0.2) is 18.3 Å². The Balaban J connectivity index is 2.47. The van der Waals surface area contributed by atoms with Gasteiger partial charge in [0.1, 0.15) is 0 Å². The van der Waals surface area contributed by atoms with Crippen molar-refractivity contribution in [1.82, 2.24) is 10.3 Å². The summed E-state index contributed by atoms with van der Waals surface area (Å²) in [4.78, 5) is 4.20. The third-order valence-electron chi connectivity index (χ3n) is 3.02. The molecule has 1 atom stereocenters. The third kappa shape index (κ3) is 4.73. The van der Waals surface area contributed by atoms with E-state index in [1.54, 1.807) is 13.3 Å². The lowest BCUT2D eigenvalue weighted by Gasteiger charge is -2.17. The van der Waals surface area contributed by atoms with E-state index in [4.69, 9.17) is 4.74 Å². The fourth-order valence-corrected chi connectivity index (χ4v) is 1.90. The van der Waals surface area contributed by atoms with Crippen molar-refractivity contribution in [1.29, 1.82) is 0 Å². The van der Waals surface area contributed by atoms with Gasteiger partial charge in [0.15, 0.2) is 0 Å². The molecule has 1 aromatic heterocycles. The van der Waals surface area contributed by atoms with Crippen molar-refractivity contribution in [2.45, 2.75) is 52.1 Å². The number of nitrogens with zero attached hydrogens (tertiary/aromatic N) is 1. The molecule has 0 amide bonds. The molecule has 0 saturated heterocycles. The summed E-state index contributed by atoms with van der Waals surface area (Å²) in [7, 11) is 1.67. The van der Waals surface area contributed by atoms with Gasteiger partial charge in [-0.1, -0.05) is 32.8 Å². The number of aromatic nitrogens is 1. The smallest absolute Gasteiger partial charge is 0.217 e. The Morgan fingerprint density at radius 3 is 2.88 bits per heavy atom. The summed E-state index contributed by atoms with van der Waals surface area (Å²) in [5, 5.41) is 3.58. The number of hydrogen-bond donors (Lipinski definition) is 1. The summed E-state index contributed by atoms with van der Waals surface area (Å²) in [6.07, 6.45) is 6.72. The molecule has 1 aromatic rings. The molecule has 0 radical (unpaired) electrons. The Labute approximate surface area is 105 Å². The van der Waals surface area contributed by atoms with Gasteiger partial charge in [-0.2, -0.15) is 0 Å². The first-order valence-electron chi connectivity index (χ1n) is 6.53. The minimum absolute atomic E-state index is 0.597. The highest BCUT2D eigenvalue weighted by atomic mass is 16.5. The summed E-state index contributed by atoms with van der Waals surface area (Å²) < 4.78 is 5.24. The van der Waals surface area contributed by atoms with Crippen LogP contribution in [0.25, 0.3) is 0 Å². The Morgan fingerprint density at radius 1 is 1.41 bits per heavy atom. The van der Waals surface area contributed by atoms with E-state index in [-0.39, 0.29) is 0 Å². The lowest BCUT2D eigenvalue weighted by atomic mass is 10.1. The zero-order valence-corrected chi connectivity index (χ0v) is 11.2. The van der Waals surface area contributed by atoms with Crippen LogP contribution < -0.4 is 10.1 Å². The molecule has 1 N–H and O–H groups in total. The van der Waals surface area contributed by atoms with Crippen LogP contribution in [0.3, 0.4) is 0 Å². The molecule has 0 aliphatic carbocycles. The van der Waals surface area contributed by atoms with Crippen molar-refractivity contribution >= 4 is 0 Å². The van der Waals surface area contributed by atoms with Crippen LogP contribution >= 0.6 is 0 Å². The van der Waals surface area contributed by atoms with Crippen LogP contribution in [0, 0.1) is 0 Å². The maximum absolute atomic E-state index is 5.24.